The van der Waals surface area contributed by atoms with Crippen molar-refractivity contribution >= 4 is 34.4 Å². The molecule has 0 aliphatic heterocycles. The summed E-state index contributed by atoms with van der Waals surface area (Å²) >= 11 is 1.02. The molecule has 40 heavy (non-hydrogen) atoms. The second kappa shape index (κ2) is 14.7. The van der Waals surface area contributed by atoms with E-state index in [-0.39, 0.29) is 27.5 Å². The third-order valence-electron chi connectivity index (χ3n) is 6.10. The molecule has 1 atom stereocenters. The Labute approximate surface area is 234 Å². The number of nitrogens with zero attached hydrogens (tertiary/aromatic N) is 1. The zero-order valence-corrected chi connectivity index (χ0v) is 23.2. The summed E-state index contributed by atoms with van der Waals surface area (Å²) in [4.78, 5) is 27.9. The molecule has 1 aromatic heterocycles. The summed E-state index contributed by atoms with van der Waals surface area (Å²) in [5.74, 6) is -4.84. The number of carboxylic acids is 1. The standard InChI is InChI=1S/C29H31F3N2O5S/c1-4-5-11-39-12-7-10-25(38-3)20-9-6-8-19(26(20)32)24-16-40-29(33-24)34-27(35)18-14-22(30)21(23(31)15-18)13-17(2)28(36)37/h6,8-9,13-16,25H,4-5,7,10-12H2,1-3H3,(H,36,37)(H,33,34,35)/b17-13+. The van der Waals surface area contributed by atoms with Gasteiger partial charge in [0.15, 0.2) is 5.13 Å². The fourth-order valence-corrected chi connectivity index (χ4v) is 4.58. The van der Waals surface area contributed by atoms with Gasteiger partial charge in [-0.05, 0) is 50.5 Å². The van der Waals surface area contributed by atoms with E-state index in [1.165, 1.54) is 14.0 Å². The van der Waals surface area contributed by atoms with Crippen molar-refractivity contribution in [3.8, 4) is 11.3 Å². The monoisotopic (exact) mass is 576 g/mol. The molecular formula is C29H31F3N2O5S. The molecule has 214 valence electrons. The Bertz CT molecular complexity index is 1350. The van der Waals surface area contributed by atoms with Gasteiger partial charge in [0.2, 0.25) is 0 Å². The first-order chi connectivity index (χ1) is 19.2. The fraction of sp³-hybridized carbons (Fsp3) is 0.345. The van der Waals surface area contributed by atoms with Crippen molar-refractivity contribution < 1.29 is 37.3 Å². The molecule has 0 fully saturated rings. The molecule has 3 rings (SSSR count). The summed E-state index contributed by atoms with van der Waals surface area (Å²) in [6.07, 6.45) is 3.69. The minimum atomic E-state index is -1.33. The smallest absolute Gasteiger partial charge is 0.331 e. The van der Waals surface area contributed by atoms with Crippen LogP contribution in [0.1, 0.15) is 67.1 Å². The van der Waals surface area contributed by atoms with Gasteiger partial charge < -0.3 is 14.6 Å². The SMILES string of the molecule is CCCCOCCCC(OC)c1cccc(-c2csc(NC(=O)c3cc(F)c(/C=C(\C)C(=O)O)c(F)c3)n2)c1F. The van der Waals surface area contributed by atoms with E-state index in [0.717, 1.165) is 42.4 Å². The van der Waals surface area contributed by atoms with Gasteiger partial charge in [-0.1, -0.05) is 25.5 Å². The molecule has 0 bridgehead atoms. The number of aliphatic carboxylic acids is 1. The molecule has 3 aromatic rings. The maximum Gasteiger partial charge on any atom is 0.331 e. The molecule has 2 N–H and O–H groups in total. The normalized spacial score (nSPS) is 12.4. The third-order valence-corrected chi connectivity index (χ3v) is 6.85. The summed E-state index contributed by atoms with van der Waals surface area (Å²) in [6, 6.07) is 6.52. The molecule has 0 radical (unpaired) electrons. The summed E-state index contributed by atoms with van der Waals surface area (Å²) in [6.45, 7) is 4.54. The highest BCUT2D eigenvalue weighted by atomic mass is 32.1. The van der Waals surface area contributed by atoms with E-state index in [4.69, 9.17) is 14.6 Å². The number of unbranched alkanes of at least 4 members (excludes halogenated alkanes) is 1. The number of nitrogens with one attached hydrogen (secondary N) is 1. The van der Waals surface area contributed by atoms with E-state index in [9.17, 15) is 18.4 Å². The highest BCUT2D eigenvalue weighted by Crippen LogP contribution is 2.33. The number of rotatable bonds is 14. The van der Waals surface area contributed by atoms with E-state index >= 15 is 4.39 Å². The van der Waals surface area contributed by atoms with Crippen LogP contribution >= 0.6 is 11.3 Å². The number of amides is 1. The number of carbonyl (C=O) groups excluding carboxylic acids is 1. The van der Waals surface area contributed by atoms with Gasteiger partial charge in [-0.25, -0.2) is 22.9 Å². The number of hydrogen-bond acceptors (Lipinski definition) is 6. The number of anilines is 1. The van der Waals surface area contributed by atoms with Crippen molar-refractivity contribution in [1.29, 1.82) is 0 Å². The minimum absolute atomic E-state index is 0.101. The molecule has 7 nitrogen and oxygen atoms in total. The number of carboxylic acid groups (broad SMARTS) is 1. The lowest BCUT2D eigenvalue weighted by Crippen LogP contribution is -2.13. The van der Waals surface area contributed by atoms with Crippen LogP contribution in [0.3, 0.4) is 0 Å². The Morgan fingerprint density at radius 2 is 1.85 bits per heavy atom. The topological polar surface area (TPSA) is 97.8 Å². The van der Waals surface area contributed by atoms with Crippen molar-refractivity contribution in [2.75, 3.05) is 25.6 Å². The number of carbonyl (C=O) groups is 2. The average Bonchev–Trinajstić information content (AvgIpc) is 3.38. The first kappa shape index (κ1) is 31.0. The molecular weight excluding hydrogens is 545 g/mol. The highest BCUT2D eigenvalue weighted by molar-refractivity contribution is 7.14. The zero-order chi connectivity index (χ0) is 29.2. The van der Waals surface area contributed by atoms with E-state index in [0.29, 0.717) is 31.6 Å². The number of hydrogen-bond donors (Lipinski definition) is 2. The number of ether oxygens (including phenoxy) is 2. The number of aromatic nitrogens is 1. The molecule has 2 aromatic carbocycles. The van der Waals surface area contributed by atoms with E-state index < -0.39 is 41.0 Å². The van der Waals surface area contributed by atoms with Crippen LogP contribution in [0.15, 0.2) is 41.3 Å². The molecule has 1 heterocycles. The van der Waals surface area contributed by atoms with Gasteiger partial charge in [-0.15, -0.1) is 11.3 Å². The summed E-state index contributed by atoms with van der Waals surface area (Å²) < 4.78 is 55.5. The van der Waals surface area contributed by atoms with E-state index in [1.54, 1.807) is 23.6 Å². The molecule has 0 saturated heterocycles. The predicted molar refractivity (Wildman–Crippen MR) is 148 cm³/mol. The van der Waals surface area contributed by atoms with Crippen LogP contribution in [0.2, 0.25) is 0 Å². The van der Waals surface area contributed by atoms with Gasteiger partial charge >= 0.3 is 5.97 Å². The van der Waals surface area contributed by atoms with Gasteiger partial charge in [0.05, 0.1) is 11.8 Å². The average molecular weight is 577 g/mol. The summed E-state index contributed by atoms with van der Waals surface area (Å²) in [5.41, 5.74) is -0.287. The Morgan fingerprint density at radius 3 is 2.50 bits per heavy atom. The third kappa shape index (κ3) is 8.00. The van der Waals surface area contributed by atoms with Gasteiger partial charge in [-0.2, -0.15) is 0 Å². The summed E-state index contributed by atoms with van der Waals surface area (Å²) in [5, 5.41) is 13.1. The van der Waals surface area contributed by atoms with Gasteiger partial charge in [0.1, 0.15) is 17.5 Å². The van der Waals surface area contributed by atoms with E-state index in [1.807, 2.05) is 0 Å². The first-order valence-corrected chi connectivity index (χ1v) is 13.6. The fourth-order valence-electron chi connectivity index (χ4n) is 3.87. The van der Waals surface area contributed by atoms with Crippen molar-refractivity contribution in [3.63, 3.8) is 0 Å². The molecule has 0 aliphatic carbocycles. The van der Waals surface area contributed by atoms with Crippen LogP contribution in [0.4, 0.5) is 18.3 Å². The van der Waals surface area contributed by atoms with Crippen LogP contribution in [0.5, 0.6) is 0 Å². The maximum atomic E-state index is 15.5. The Kier molecular flexibility index (Phi) is 11.4. The number of halogens is 3. The maximum absolute atomic E-state index is 15.5. The molecule has 0 aliphatic rings. The zero-order valence-electron chi connectivity index (χ0n) is 22.4. The van der Waals surface area contributed by atoms with Crippen molar-refractivity contribution in [2.45, 2.75) is 45.6 Å². The van der Waals surface area contributed by atoms with Crippen molar-refractivity contribution in [3.05, 3.63) is 75.4 Å². The molecule has 0 spiro atoms. The quantitative estimate of drug-likeness (QED) is 0.155. The van der Waals surface area contributed by atoms with Crippen molar-refractivity contribution in [2.24, 2.45) is 0 Å². The first-order valence-electron chi connectivity index (χ1n) is 12.7. The number of benzene rings is 2. The van der Waals surface area contributed by atoms with Gasteiger partial charge in [0.25, 0.3) is 5.91 Å². The Balaban J connectivity index is 1.73. The van der Waals surface area contributed by atoms with Crippen LogP contribution in [-0.2, 0) is 14.3 Å². The van der Waals surface area contributed by atoms with Crippen LogP contribution in [-0.4, -0.2) is 42.3 Å². The lowest BCUT2D eigenvalue weighted by Gasteiger charge is -2.17. The minimum Gasteiger partial charge on any atom is -0.478 e. The Morgan fingerprint density at radius 1 is 1.15 bits per heavy atom. The molecule has 11 heteroatoms. The lowest BCUT2D eigenvalue weighted by atomic mass is 10.00. The van der Waals surface area contributed by atoms with Gasteiger partial charge in [-0.3, -0.25) is 10.1 Å². The second-order valence-electron chi connectivity index (χ2n) is 9.02. The molecule has 1 unspecified atom stereocenters. The number of thiazole rings is 1. The largest absolute Gasteiger partial charge is 0.478 e. The number of methoxy groups -OCH3 is 1. The summed E-state index contributed by atoms with van der Waals surface area (Å²) in [7, 11) is 1.52. The van der Waals surface area contributed by atoms with Gasteiger partial charge in [0, 0.05) is 53.5 Å². The predicted octanol–water partition coefficient (Wildman–Crippen LogP) is 7.25. The van der Waals surface area contributed by atoms with E-state index in [2.05, 4.69) is 17.2 Å². The second-order valence-corrected chi connectivity index (χ2v) is 9.88. The molecule has 0 saturated carbocycles. The lowest BCUT2D eigenvalue weighted by molar-refractivity contribution is -0.132. The Hall–Kier alpha value is -3.54. The van der Waals surface area contributed by atoms with Crippen LogP contribution < -0.4 is 5.32 Å². The van der Waals surface area contributed by atoms with Crippen LogP contribution in [0, 0.1) is 17.5 Å². The van der Waals surface area contributed by atoms with Crippen molar-refractivity contribution in [1.82, 2.24) is 4.98 Å². The highest BCUT2D eigenvalue weighted by Gasteiger charge is 2.21. The van der Waals surface area contributed by atoms with Crippen LogP contribution in [0.25, 0.3) is 17.3 Å². The molecule has 1 amide bonds.